The van der Waals surface area contributed by atoms with Gasteiger partial charge in [0.1, 0.15) is 11.2 Å². The molecular formula is C57H35N5O. The third kappa shape index (κ3) is 5.41. The Labute approximate surface area is 361 Å². The van der Waals surface area contributed by atoms with Gasteiger partial charge in [0.25, 0.3) is 0 Å². The van der Waals surface area contributed by atoms with Crippen molar-refractivity contribution in [1.29, 1.82) is 0 Å². The molecule has 0 bridgehead atoms. The van der Waals surface area contributed by atoms with Gasteiger partial charge in [-0.2, -0.15) is 9.97 Å². The van der Waals surface area contributed by atoms with Gasteiger partial charge >= 0.3 is 0 Å². The summed E-state index contributed by atoms with van der Waals surface area (Å²) in [6.45, 7) is 0. The van der Waals surface area contributed by atoms with Crippen LogP contribution in [0.5, 0.6) is 0 Å². The molecule has 0 amide bonds. The molecule has 0 saturated heterocycles. The van der Waals surface area contributed by atoms with Crippen LogP contribution in [0.4, 0.5) is 0 Å². The lowest BCUT2D eigenvalue weighted by molar-refractivity contribution is 0.669. The van der Waals surface area contributed by atoms with Crippen molar-refractivity contribution in [3.8, 4) is 56.7 Å². The van der Waals surface area contributed by atoms with Gasteiger partial charge in [-0.15, -0.1) is 0 Å². The average molecular weight is 806 g/mol. The molecule has 0 N–H and O–H groups in total. The monoisotopic (exact) mass is 805 g/mol. The van der Waals surface area contributed by atoms with E-state index in [0.717, 1.165) is 88.3 Å². The first kappa shape index (κ1) is 35.2. The summed E-state index contributed by atoms with van der Waals surface area (Å²) in [5, 5.41) is 6.70. The van der Waals surface area contributed by atoms with Crippen LogP contribution in [0.25, 0.3) is 122 Å². The molecule has 0 aliphatic rings. The van der Waals surface area contributed by atoms with Gasteiger partial charge in [-0.05, 0) is 65.2 Å². The van der Waals surface area contributed by atoms with Gasteiger partial charge in [0, 0.05) is 49.1 Å². The molecule has 0 aliphatic heterocycles. The molecule has 13 rings (SSSR count). The van der Waals surface area contributed by atoms with Gasteiger partial charge in [0.05, 0.1) is 27.6 Å². The van der Waals surface area contributed by atoms with Crippen LogP contribution in [0.3, 0.4) is 0 Å². The molecule has 0 aliphatic carbocycles. The Bertz CT molecular complexity index is 3900. The highest BCUT2D eigenvalue weighted by Gasteiger charge is 2.25. The largest absolute Gasteiger partial charge is 0.455 e. The highest BCUT2D eigenvalue weighted by atomic mass is 16.3. The van der Waals surface area contributed by atoms with Crippen molar-refractivity contribution in [2.45, 2.75) is 0 Å². The quantitative estimate of drug-likeness (QED) is 0.168. The summed E-state index contributed by atoms with van der Waals surface area (Å²) in [6, 6.07) is 74.5. The van der Waals surface area contributed by atoms with E-state index in [9.17, 15) is 0 Å². The summed E-state index contributed by atoms with van der Waals surface area (Å²) in [4.78, 5) is 15.8. The number of para-hydroxylation sites is 5. The second-order valence-corrected chi connectivity index (χ2v) is 15.9. The Morgan fingerprint density at radius 1 is 0.333 bits per heavy atom. The Morgan fingerprint density at radius 2 is 0.889 bits per heavy atom. The minimum Gasteiger partial charge on any atom is -0.455 e. The van der Waals surface area contributed by atoms with Crippen LogP contribution in [0.15, 0.2) is 217 Å². The molecule has 0 radical (unpaired) electrons. The fourth-order valence-corrected chi connectivity index (χ4v) is 9.72. The highest BCUT2D eigenvalue weighted by Crippen LogP contribution is 2.48. The van der Waals surface area contributed by atoms with E-state index in [2.05, 4.69) is 167 Å². The lowest BCUT2D eigenvalue weighted by Gasteiger charge is -2.16. The minimum absolute atomic E-state index is 0.525. The maximum absolute atomic E-state index is 6.55. The van der Waals surface area contributed by atoms with E-state index in [1.54, 1.807) is 0 Å². The zero-order valence-corrected chi connectivity index (χ0v) is 33.9. The van der Waals surface area contributed by atoms with Crippen LogP contribution < -0.4 is 0 Å². The number of aromatic nitrogens is 5. The number of fused-ring (bicyclic) bond motifs is 9. The SMILES string of the molecule is c1ccc(-c2nc(-c3cccc4c3oc3ccccc34)nc(-n3c4ccccc4c4c(-c5c(-c6ccccc6)ccc6c5c5ccccc5n6-c5ccccc5)cccc43)n2)cc1. The number of benzene rings is 9. The molecule has 0 unspecified atom stereocenters. The first-order valence-electron chi connectivity index (χ1n) is 21.2. The first-order chi connectivity index (χ1) is 31.3. The maximum atomic E-state index is 6.55. The summed E-state index contributed by atoms with van der Waals surface area (Å²) in [5.41, 5.74) is 13.3. The molecule has 6 nitrogen and oxygen atoms in total. The van der Waals surface area contributed by atoms with Crippen LogP contribution >= 0.6 is 0 Å². The fourth-order valence-electron chi connectivity index (χ4n) is 9.72. The summed E-state index contributed by atoms with van der Waals surface area (Å²) < 4.78 is 11.2. The average Bonchev–Trinajstić information content (AvgIpc) is 4.02. The standard InChI is InChI=1S/C57H35N5O/c1-4-18-36(19-5-1)39-34-35-49-53(43-26-11-13-30-46(43)61(49)38-22-8-3-9-23-38)52(39)44-28-17-32-48-51(44)42-25-10-14-31-47(42)62(48)57-59-55(37-20-6-2-7-21-37)58-56(60-57)45-29-16-27-41-40-24-12-15-33-50(40)63-54(41)45/h1-35H. The van der Waals surface area contributed by atoms with E-state index in [-0.39, 0.29) is 0 Å². The molecule has 6 heteroatoms. The second kappa shape index (κ2) is 14.0. The molecule has 294 valence electrons. The molecule has 0 fully saturated rings. The first-order valence-corrected chi connectivity index (χ1v) is 21.2. The summed E-state index contributed by atoms with van der Waals surface area (Å²) in [7, 11) is 0. The van der Waals surface area contributed by atoms with Crippen molar-refractivity contribution in [1.82, 2.24) is 24.1 Å². The molecular weight excluding hydrogens is 771 g/mol. The van der Waals surface area contributed by atoms with Crippen LogP contribution in [0.1, 0.15) is 0 Å². The highest BCUT2D eigenvalue weighted by molar-refractivity contribution is 6.24. The Balaban J connectivity index is 1.14. The van der Waals surface area contributed by atoms with Crippen molar-refractivity contribution in [2.24, 2.45) is 0 Å². The van der Waals surface area contributed by atoms with E-state index in [0.29, 0.717) is 17.6 Å². The molecule has 4 aromatic heterocycles. The second-order valence-electron chi connectivity index (χ2n) is 15.9. The maximum Gasteiger partial charge on any atom is 0.238 e. The lowest BCUT2D eigenvalue weighted by Crippen LogP contribution is -2.06. The van der Waals surface area contributed by atoms with Crippen LogP contribution in [-0.2, 0) is 0 Å². The number of furan rings is 1. The molecule has 4 heterocycles. The molecule has 63 heavy (non-hydrogen) atoms. The Kier molecular flexibility index (Phi) is 7.80. The summed E-state index contributed by atoms with van der Waals surface area (Å²) in [5.74, 6) is 1.64. The topological polar surface area (TPSA) is 61.7 Å². The Hall–Kier alpha value is -8.61. The molecule has 13 aromatic rings. The third-order valence-electron chi connectivity index (χ3n) is 12.4. The zero-order chi connectivity index (χ0) is 41.4. The van der Waals surface area contributed by atoms with Gasteiger partial charge in [-0.1, -0.05) is 164 Å². The number of hydrogen-bond donors (Lipinski definition) is 0. The number of rotatable bonds is 6. The van der Waals surface area contributed by atoms with Crippen molar-refractivity contribution in [3.63, 3.8) is 0 Å². The predicted molar refractivity (Wildman–Crippen MR) is 258 cm³/mol. The van der Waals surface area contributed by atoms with E-state index in [1.807, 2.05) is 54.6 Å². The van der Waals surface area contributed by atoms with Crippen LogP contribution in [0, 0.1) is 0 Å². The van der Waals surface area contributed by atoms with Gasteiger partial charge in [0.15, 0.2) is 11.6 Å². The van der Waals surface area contributed by atoms with Crippen molar-refractivity contribution < 1.29 is 4.42 Å². The molecule has 0 saturated carbocycles. The van der Waals surface area contributed by atoms with Gasteiger partial charge < -0.3 is 8.98 Å². The van der Waals surface area contributed by atoms with Crippen molar-refractivity contribution >= 4 is 65.6 Å². The van der Waals surface area contributed by atoms with E-state index in [4.69, 9.17) is 19.4 Å². The smallest absolute Gasteiger partial charge is 0.238 e. The summed E-state index contributed by atoms with van der Waals surface area (Å²) >= 11 is 0. The van der Waals surface area contributed by atoms with Crippen molar-refractivity contribution in [2.75, 3.05) is 0 Å². The lowest BCUT2D eigenvalue weighted by atomic mass is 9.88. The fraction of sp³-hybridized carbons (Fsp3) is 0. The predicted octanol–water partition coefficient (Wildman–Crippen LogP) is 14.6. The van der Waals surface area contributed by atoms with Crippen LogP contribution in [0.2, 0.25) is 0 Å². The van der Waals surface area contributed by atoms with E-state index in [1.165, 1.54) is 16.3 Å². The van der Waals surface area contributed by atoms with E-state index >= 15 is 0 Å². The number of hydrogen-bond acceptors (Lipinski definition) is 4. The third-order valence-corrected chi connectivity index (χ3v) is 12.4. The van der Waals surface area contributed by atoms with Crippen LogP contribution in [-0.4, -0.2) is 24.1 Å². The molecule has 9 aromatic carbocycles. The van der Waals surface area contributed by atoms with Gasteiger partial charge in [-0.25, -0.2) is 4.98 Å². The molecule has 0 atom stereocenters. The van der Waals surface area contributed by atoms with Crippen molar-refractivity contribution in [3.05, 3.63) is 212 Å². The normalized spacial score (nSPS) is 11.8. The van der Waals surface area contributed by atoms with Gasteiger partial charge in [-0.3, -0.25) is 4.57 Å². The Morgan fingerprint density at radius 3 is 1.67 bits per heavy atom. The molecule has 0 spiro atoms. The minimum atomic E-state index is 0.525. The zero-order valence-electron chi connectivity index (χ0n) is 33.9. The summed E-state index contributed by atoms with van der Waals surface area (Å²) in [6.07, 6.45) is 0. The van der Waals surface area contributed by atoms with E-state index < -0.39 is 0 Å². The number of nitrogens with zero attached hydrogens (tertiary/aromatic N) is 5. The van der Waals surface area contributed by atoms with Gasteiger partial charge in [0.2, 0.25) is 5.95 Å².